The molecule has 2 heterocycles. The summed E-state index contributed by atoms with van der Waals surface area (Å²) in [6.07, 6.45) is 5.76. The monoisotopic (exact) mass is 390 g/mol. The number of piperidine rings is 1. The maximum atomic E-state index is 11.3. The Morgan fingerprint density at radius 1 is 1.14 bits per heavy atom. The Bertz CT molecular complexity index is 1030. The molecule has 1 aliphatic rings. The number of anilines is 1. The second kappa shape index (κ2) is 8.57. The summed E-state index contributed by atoms with van der Waals surface area (Å²) in [5.74, 6) is -0.276. The van der Waals surface area contributed by atoms with Crippen LogP contribution in [0.4, 0.5) is 5.95 Å². The molecule has 2 N–H and O–H groups in total. The van der Waals surface area contributed by atoms with E-state index in [1.54, 1.807) is 12.1 Å². The van der Waals surface area contributed by atoms with E-state index < -0.39 is 5.97 Å². The predicted molar refractivity (Wildman–Crippen MR) is 115 cm³/mol. The first-order chi connectivity index (χ1) is 14.1. The van der Waals surface area contributed by atoms with Crippen LogP contribution >= 0.6 is 0 Å². The molecule has 3 aromatic rings. The molecule has 1 aliphatic heterocycles. The normalized spacial score (nSPS) is 14.8. The highest BCUT2D eigenvalue weighted by Crippen LogP contribution is 2.27. The summed E-state index contributed by atoms with van der Waals surface area (Å²) >= 11 is 0. The average molecular weight is 390 g/mol. The Morgan fingerprint density at radius 2 is 1.97 bits per heavy atom. The minimum atomic E-state index is -0.921. The predicted octanol–water partition coefficient (Wildman–Crippen LogP) is 4.20. The summed E-state index contributed by atoms with van der Waals surface area (Å²) in [5.41, 5.74) is 4.07. The Hall–Kier alpha value is -2.99. The van der Waals surface area contributed by atoms with Crippen LogP contribution in [0.1, 0.15) is 35.2 Å². The highest BCUT2D eigenvalue weighted by atomic mass is 16.4. The largest absolute Gasteiger partial charge is 0.478 e. The minimum absolute atomic E-state index is 0.287. The zero-order valence-corrected chi connectivity index (χ0v) is 16.7. The Labute approximate surface area is 170 Å². The van der Waals surface area contributed by atoms with Crippen molar-refractivity contribution in [2.75, 3.05) is 31.5 Å². The topological polar surface area (TPSA) is 78.3 Å². The lowest BCUT2D eigenvalue weighted by Gasteiger charge is -2.26. The van der Waals surface area contributed by atoms with Crippen molar-refractivity contribution in [3.8, 4) is 11.1 Å². The number of aryl methyl sites for hydroxylation is 1. The van der Waals surface area contributed by atoms with Crippen LogP contribution < -0.4 is 5.32 Å². The molecule has 0 spiro atoms. The van der Waals surface area contributed by atoms with Crippen LogP contribution in [0.2, 0.25) is 0 Å². The van der Waals surface area contributed by atoms with Crippen molar-refractivity contribution in [3.05, 3.63) is 53.7 Å². The molecular formula is C23H26N4O2. The number of carboxylic acids is 1. The van der Waals surface area contributed by atoms with E-state index in [1.807, 2.05) is 37.4 Å². The second-order valence-corrected chi connectivity index (χ2v) is 7.63. The van der Waals surface area contributed by atoms with Gasteiger partial charge in [0.05, 0.1) is 11.1 Å². The number of hydrogen-bond donors (Lipinski definition) is 2. The van der Waals surface area contributed by atoms with Crippen LogP contribution in [0.25, 0.3) is 22.0 Å². The summed E-state index contributed by atoms with van der Waals surface area (Å²) in [7, 11) is 0. The highest BCUT2D eigenvalue weighted by Gasteiger charge is 2.11. The van der Waals surface area contributed by atoms with Crippen LogP contribution in [0.5, 0.6) is 0 Å². The third kappa shape index (κ3) is 4.54. The number of nitrogens with one attached hydrogen (secondary N) is 1. The quantitative estimate of drug-likeness (QED) is 0.657. The lowest BCUT2D eigenvalue weighted by molar-refractivity contribution is 0.0697. The Balaban J connectivity index is 1.50. The molecule has 29 heavy (non-hydrogen) atoms. The molecule has 6 nitrogen and oxygen atoms in total. The maximum absolute atomic E-state index is 11.3. The van der Waals surface area contributed by atoms with E-state index in [1.165, 1.54) is 32.4 Å². The number of likely N-dealkylation sites (tertiary alicyclic amines) is 1. The van der Waals surface area contributed by atoms with Crippen molar-refractivity contribution in [2.24, 2.45) is 0 Å². The highest BCUT2D eigenvalue weighted by molar-refractivity contribution is 5.91. The van der Waals surface area contributed by atoms with E-state index in [0.717, 1.165) is 40.7 Å². The summed E-state index contributed by atoms with van der Waals surface area (Å²) in [4.78, 5) is 22.9. The number of rotatable bonds is 6. The van der Waals surface area contributed by atoms with Gasteiger partial charge in [0.25, 0.3) is 0 Å². The smallest absolute Gasteiger partial charge is 0.335 e. The first-order valence-electron chi connectivity index (χ1n) is 10.2. The number of fused-ring (bicyclic) bond motifs is 1. The van der Waals surface area contributed by atoms with Crippen molar-refractivity contribution in [1.29, 1.82) is 0 Å². The lowest BCUT2D eigenvalue weighted by atomic mass is 9.97. The molecule has 1 saturated heterocycles. The van der Waals surface area contributed by atoms with Crippen molar-refractivity contribution in [2.45, 2.75) is 26.2 Å². The molecular weight excluding hydrogens is 364 g/mol. The van der Waals surface area contributed by atoms with Gasteiger partial charge in [0.2, 0.25) is 5.95 Å². The number of aromatic nitrogens is 2. The molecule has 4 rings (SSSR count). The van der Waals surface area contributed by atoms with Gasteiger partial charge >= 0.3 is 5.97 Å². The summed E-state index contributed by atoms with van der Waals surface area (Å²) < 4.78 is 0. The molecule has 0 aliphatic carbocycles. The van der Waals surface area contributed by atoms with E-state index in [9.17, 15) is 9.90 Å². The van der Waals surface area contributed by atoms with E-state index in [0.29, 0.717) is 5.95 Å². The molecule has 0 bridgehead atoms. The molecule has 1 aromatic heterocycles. The molecule has 0 radical (unpaired) electrons. The number of carboxylic acid groups (broad SMARTS) is 1. The molecule has 0 atom stereocenters. The van der Waals surface area contributed by atoms with Crippen molar-refractivity contribution in [1.82, 2.24) is 14.9 Å². The molecule has 0 amide bonds. The molecule has 6 heteroatoms. The number of benzene rings is 2. The van der Waals surface area contributed by atoms with E-state index in [4.69, 9.17) is 0 Å². The molecule has 1 fully saturated rings. The minimum Gasteiger partial charge on any atom is -0.478 e. The average Bonchev–Trinajstić information content (AvgIpc) is 2.74. The SMILES string of the molecule is Cc1ccc(C(=O)O)cc1-c1ccc2nc(NCCN3CCCCC3)ncc2c1. The van der Waals surface area contributed by atoms with Crippen molar-refractivity contribution >= 4 is 22.8 Å². The van der Waals surface area contributed by atoms with Crippen LogP contribution in [-0.2, 0) is 0 Å². The molecule has 150 valence electrons. The van der Waals surface area contributed by atoms with E-state index in [2.05, 4.69) is 20.2 Å². The van der Waals surface area contributed by atoms with Crippen molar-refractivity contribution < 1.29 is 9.90 Å². The van der Waals surface area contributed by atoms with E-state index in [-0.39, 0.29) is 5.56 Å². The van der Waals surface area contributed by atoms with Gasteiger partial charge in [-0.1, -0.05) is 18.6 Å². The van der Waals surface area contributed by atoms with Gasteiger partial charge in [0.1, 0.15) is 0 Å². The molecule has 0 saturated carbocycles. The number of aromatic carboxylic acids is 1. The number of carbonyl (C=O) groups is 1. The van der Waals surface area contributed by atoms with Crippen LogP contribution in [0.15, 0.2) is 42.6 Å². The summed E-state index contributed by atoms with van der Waals surface area (Å²) in [6, 6.07) is 11.2. The first kappa shape index (κ1) is 19.3. The summed E-state index contributed by atoms with van der Waals surface area (Å²) in [6.45, 7) is 6.21. The third-order valence-electron chi connectivity index (χ3n) is 5.54. The van der Waals surface area contributed by atoms with E-state index >= 15 is 0 Å². The van der Waals surface area contributed by atoms with Gasteiger partial charge in [0.15, 0.2) is 0 Å². The number of hydrogen-bond acceptors (Lipinski definition) is 5. The fourth-order valence-corrected chi connectivity index (χ4v) is 3.86. The van der Waals surface area contributed by atoms with Crippen molar-refractivity contribution in [3.63, 3.8) is 0 Å². The zero-order valence-electron chi connectivity index (χ0n) is 16.7. The van der Waals surface area contributed by atoms with Gasteiger partial charge in [-0.25, -0.2) is 14.8 Å². The van der Waals surface area contributed by atoms with Gasteiger partial charge in [-0.15, -0.1) is 0 Å². The van der Waals surface area contributed by atoms with Crippen LogP contribution in [-0.4, -0.2) is 52.1 Å². The van der Waals surface area contributed by atoms with Gasteiger partial charge < -0.3 is 15.3 Å². The fourth-order valence-electron chi connectivity index (χ4n) is 3.86. The molecule has 2 aromatic carbocycles. The standard InChI is InChI=1S/C23H26N4O2/c1-16-5-6-18(22(28)29)14-20(16)17-7-8-21-19(13-17)15-25-23(26-21)24-9-12-27-10-3-2-4-11-27/h5-8,13-15H,2-4,9-12H2,1H3,(H,28,29)(H,24,25,26). The fraction of sp³-hybridized carbons (Fsp3) is 0.348. The van der Waals surface area contributed by atoms with Gasteiger partial charge in [0, 0.05) is 24.7 Å². The van der Waals surface area contributed by atoms with Crippen LogP contribution in [0.3, 0.4) is 0 Å². The lowest BCUT2D eigenvalue weighted by Crippen LogP contribution is -2.33. The maximum Gasteiger partial charge on any atom is 0.335 e. The Morgan fingerprint density at radius 3 is 2.76 bits per heavy atom. The molecule has 0 unspecified atom stereocenters. The first-order valence-corrected chi connectivity index (χ1v) is 10.2. The van der Waals surface area contributed by atoms with Gasteiger partial charge in [-0.3, -0.25) is 0 Å². The Kier molecular flexibility index (Phi) is 5.71. The van der Waals surface area contributed by atoms with Gasteiger partial charge in [-0.05, 0) is 73.8 Å². The van der Waals surface area contributed by atoms with Crippen LogP contribution in [0, 0.1) is 6.92 Å². The second-order valence-electron chi connectivity index (χ2n) is 7.63. The summed E-state index contributed by atoms with van der Waals surface area (Å²) in [5, 5.41) is 13.5. The van der Waals surface area contributed by atoms with Gasteiger partial charge in [-0.2, -0.15) is 0 Å². The third-order valence-corrected chi connectivity index (χ3v) is 5.54. The zero-order chi connectivity index (χ0) is 20.2. The number of nitrogens with zero attached hydrogens (tertiary/aromatic N) is 3.